The molecule has 2 aromatic heterocycles. The van der Waals surface area contributed by atoms with Gasteiger partial charge in [0.25, 0.3) is 5.91 Å². The molecule has 1 atom stereocenters. The van der Waals surface area contributed by atoms with E-state index in [-0.39, 0.29) is 11.9 Å². The number of likely N-dealkylation sites (tertiary alicyclic amines) is 1. The number of aromatic nitrogens is 2. The average molecular weight is 395 g/mol. The maximum absolute atomic E-state index is 13.4. The van der Waals surface area contributed by atoms with Crippen molar-refractivity contribution in [3.8, 4) is 17.2 Å². The molecule has 4 rings (SSSR count). The van der Waals surface area contributed by atoms with E-state index in [1.807, 2.05) is 35.4 Å². The van der Waals surface area contributed by atoms with Gasteiger partial charge in [-0.1, -0.05) is 6.07 Å². The number of carbonyl (C=O) groups is 1. The minimum absolute atomic E-state index is 0.0299. The van der Waals surface area contributed by atoms with E-state index in [9.17, 15) is 4.79 Å². The highest BCUT2D eigenvalue weighted by Crippen LogP contribution is 2.43. The van der Waals surface area contributed by atoms with E-state index in [0.717, 1.165) is 42.3 Å². The minimum atomic E-state index is -0.0326. The van der Waals surface area contributed by atoms with Crippen LogP contribution in [0.5, 0.6) is 17.2 Å². The molecule has 1 amide bonds. The number of hydrogen-bond donors (Lipinski definition) is 1. The normalized spacial score (nSPS) is 16.7. The highest BCUT2D eigenvalue weighted by molar-refractivity contribution is 6.01. The standard InChI is InChI=1S/C22H25N3O4/c1-27-19-12-16-15(20(28-2)21(19)29-3)11-17(24-16)22(26)25-10-5-4-8-18(25)14-7-6-9-23-13-14/h6-7,9,11-13,18,24H,4-5,8,10H2,1-3H3/t18-/m0/s1. The topological polar surface area (TPSA) is 76.7 Å². The van der Waals surface area contributed by atoms with Crippen molar-refractivity contribution < 1.29 is 19.0 Å². The van der Waals surface area contributed by atoms with Gasteiger partial charge in [-0.3, -0.25) is 9.78 Å². The van der Waals surface area contributed by atoms with Gasteiger partial charge >= 0.3 is 0 Å². The summed E-state index contributed by atoms with van der Waals surface area (Å²) in [6.07, 6.45) is 6.62. The molecule has 0 saturated carbocycles. The maximum atomic E-state index is 13.4. The molecule has 0 radical (unpaired) electrons. The van der Waals surface area contributed by atoms with Crippen molar-refractivity contribution in [1.82, 2.24) is 14.9 Å². The number of benzene rings is 1. The molecule has 0 bridgehead atoms. The molecule has 29 heavy (non-hydrogen) atoms. The van der Waals surface area contributed by atoms with Crippen molar-refractivity contribution in [1.29, 1.82) is 0 Å². The van der Waals surface area contributed by atoms with E-state index in [1.165, 1.54) is 0 Å². The van der Waals surface area contributed by atoms with Crippen LogP contribution in [0.1, 0.15) is 41.4 Å². The number of nitrogens with zero attached hydrogens (tertiary/aromatic N) is 2. The van der Waals surface area contributed by atoms with Gasteiger partial charge < -0.3 is 24.1 Å². The van der Waals surface area contributed by atoms with Crippen LogP contribution in [-0.2, 0) is 0 Å². The number of piperidine rings is 1. The van der Waals surface area contributed by atoms with Crippen molar-refractivity contribution in [2.24, 2.45) is 0 Å². The third kappa shape index (κ3) is 3.37. The Morgan fingerprint density at radius 1 is 1.14 bits per heavy atom. The van der Waals surface area contributed by atoms with Gasteiger partial charge in [-0.25, -0.2) is 0 Å². The fourth-order valence-electron chi connectivity index (χ4n) is 4.11. The number of hydrogen-bond acceptors (Lipinski definition) is 5. The number of H-pyrrole nitrogens is 1. The van der Waals surface area contributed by atoms with Gasteiger partial charge in [-0.05, 0) is 37.0 Å². The molecule has 1 fully saturated rings. The fraction of sp³-hybridized carbons (Fsp3) is 0.364. The quantitative estimate of drug-likeness (QED) is 0.708. The molecule has 0 spiro atoms. The van der Waals surface area contributed by atoms with Crippen molar-refractivity contribution >= 4 is 16.8 Å². The number of aromatic amines is 1. The van der Waals surface area contributed by atoms with Gasteiger partial charge in [-0.15, -0.1) is 0 Å². The van der Waals surface area contributed by atoms with E-state index in [2.05, 4.69) is 9.97 Å². The van der Waals surface area contributed by atoms with E-state index < -0.39 is 0 Å². The molecule has 1 saturated heterocycles. The number of carbonyl (C=O) groups excluding carboxylic acids is 1. The summed E-state index contributed by atoms with van der Waals surface area (Å²) in [5, 5.41) is 0.781. The highest BCUT2D eigenvalue weighted by Gasteiger charge is 2.30. The van der Waals surface area contributed by atoms with Gasteiger partial charge in [0.1, 0.15) is 5.69 Å². The lowest BCUT2D eigenvalue weighted by Gasteiger charge is -2.35. The Morgan fingerprint density at radius 2 is 1.97 bits per heavy atom. The number of pyridine rings is 1. The van der Waals surface area contributed by atoms with Gasteiger partial charge in [0.2, 0.25) is 5.75 Å². The minimum Gasteiger partial charge on any atom is -0.493 e. The van der Waals surface area contributed by atoms with Crippen LogP contribution in [0.25, 0.3) is 10.9 Å². The summed E-state index contributed by atoms with van der Waals surface area (Å²) in [5.74, 6) is 1.56. The third-order valence-corrected chi connectivity index (χ3v) is 5.49. The zero-order chi connectivity index (χ0) is 20.4. The number of fused-ring (bicyclic) bond motifs is 1. The van der Waals surface area contributed by atoms with E-state index >= 15 is 0 Å². The Kier molecular flexibility index (Phi) is 5.29. The smallest absolute Gasteiger partial charge is 0.270 e. The predicted molar refractivity (Wildman–Crippen MR) is 110 cm³/mol. The molecule has 1 N–H and O–H groups in total. The second-order valence-electron chi connectivity index (χ2n) is 7.09. The molecule has 1 aromatic carbocycles. The second kappa shape index (κ2) is 8.03. The number of methoxy groups -OCH3 is 3. The van der Waals surface area contributed by atoms with Gasteiger partial charge in [0.05, 0.1) is 32.9 Å². The predicted octanol–water partition coefficient (Wildman–Crippen LogP) is 3.96. The molecule has 152 valence electrons. The first-order chi connectivity index (χ1) is 14.2. The Hall–Kier alpha value is -3.22. The van der Waals surface area contributed by atoms with Crippen molar-refractivity contribution in [3.05, 3.63) is 47.9 Å². The van der Waals surface area contributed by atoms with Crippen LogP contribution >= 0.6 is 0 Å². The molecular weight excluding hydrogens is 370 g/mol. The average Bonchev–Trinajstić information content (AvgIpc) is 3.21. The van der Waals surface area contributed by atoms with E-state index in [1.54, 1.807) is 27.5 Å². The summed E-state index contributed by atoms with van der Waals surface area (Å²) in [6, 6.07) is 7.63. The summed E-state index contributed by atoms with van der Waals surface area (Å²) >= 11 is 0. The summed E-state index contributed by atoms with van der Waals surface area (Å²) in [4.78, 5) is 22.8. The van der Waals surface area contributed by atoms with Crippen LogP contribution in [0.15, 0.2) is 36.7 Å². The van der Waals surface area contributed by atoms with Crippen LogP contribution < -0.4 is 14.2 Å². The number of amides is 1. The molecule has 0 unspecified atom stereocenters. The van der Waals surface area contributed by atoms with Gasteiger partial charge in [-0.2, -0.15) is 0 Å². The molecule has 0 aliphatic carbocycles. The molecule has 1 aliphatic heterocycles. The van der Waals surface area contributed by atoms with Gasteiger partial charge in [0, 0.05) is 30.4 Å². The Balaban J connectivity index is 1.74. The number of rotatable bonds is 5. The Bertz CT molecular complexity index is 1020. The Morgan fingerprint density at radius 3 is 2.66 bits per heavy atom. The third-order valence-electron chi connectivity index (χ3n) is 5.49. The lowest BCUT2D eigenvalue weighted by Crippen LogP contribution is -2.38. The number of nitrogens with one attached hydrogen (secondary N) is 1. The first-order valence-corrected chi connectivity index (χ1v) is 9.70. The number of ether oxygens (including phenoxy) is 3. The maximum Gasteiger partial charge on any atom is 0.270 e. The monoisotopic (exact) mass is 395 g/mol. The van der Waals surface area contributed by atoms with Crippen LogP contribution in [0.3, 0.4) is 0 Å². The van der Waals surface area contributed by atoms with Crippen LogP contribution in [-0.4, -0.2) is 48.6 Å². The van der Waals surface area contributed by atoms with Crippen molar-refractivity contribution in [3.63, 3.8) is 0 Å². The molecule has 7 heteroatoms. The first-order valence-electron chi connectivity index (χ1n) is 9.70. The largest absolute Gasteiger partial charge is 0.493 e. The molecular formula is C22H25N3O4. The van der Waals surface area contributed by atoms with Crippen LogP contribution in [0.2, 0.25) is 0 Å². The Labute approximate surface area is 169 Å². The van der Waals surface area contributed by atoms with Crippen LogP contribution in [0, 0.1) is 0 Å². The summed E-state index contributed by atoms with van der Waals surface area (Å²) < 4.78 is 16.4. The molecule has 7 nitrogen and oxygen atoms in total. The molecule has 3 aromatic rings. The summed E-state index contributed by atoms with van der Waals surface area (Å²) in [6.45, 7) is 0.720. The van der Waals surface area contributed by atoms with E-state index in [0.29, 0.717) is 22.9 Å². The zero-order valence-electron chi connectivity index (χ0n) is 16.9. The fourth-order valence-corrected chi connectivity index (χ4v) is 4.11. The van der Waals surface area contributed by atoms with E-state index in [4.69, 9.17) is 14.2 Å². The zero-order valence-corrected chi connectivity index (χ0v) is 16.9. The molecule has 1 aliphatic rings. The van der Waals surface area contributed by atoms with Crippen LogP contribution in [0.4, 0.5) is 0 Å². The lowest BCUT2D eigenvalue weighted by atomic mass is 9.96. The van der Waals surface area contributed by atoms with Crippen molar-refractivity contribution in [2.45, 2.75) is 25.3 Å². The molecule has 3 heterocycles. The summed E-state index contributed by atoms with van der Waals surface area (Å²) in [5.41, 5.74) is 2.35. The SMILES string of the molecule is COc1cc2[nH]c(C(=O)N3CCCC[C@H]3c3cccnc3)cc2c(OC)c1OC. The highest BCUT2D eigenvalue weighted by atomic mass is 16.5. The van der Waals surface area contributed by atoms with Gasteiger partial charge in [0.15, 0.2) is 11.5 Å². The van der Waals surface area contributed by atoms with Crippen molar-refractivity contribution in [2.75, 3.05) is 27.9 Å². The second-order valence-corrected chi connectivity index (χ2v) is 7.09. The summed E-state index contributed by atoms with van der Waals surface area (Å²) in [7, 11) is 4.72. The lowest BCUT2D eigenvalue weighted by molar-refractivity contribution is 0.0606. The first kappa shape index (κ1) is 19.1.